The first-order chi connectivity index (χ1) is 57.0. The average Bonchev–Trinajstić information content (AvgIpc) is 1.76. The summed E-state index contributed by atoms with van der Waals surface area (Å²) in [6.07, 6.45) is -0.109. The molecule has 2 aromatic carbocycles. The molecule has 8 fully saturated rings. The highest BCUT2D eigenvalue weighted by atomic mass is 16.7. The zero-order valence-corrected chi connectivity index (χ0v) is 65.7. The standard InChI is InChI=1S/C38H43N9O12.C33H36N8O10.C5H9NO3/c1-5-37-18-55-26(33(58-37)46-13-20(2)30(41-35(46)52)40-32(51)22-9-7-6-8-10-22)28(37)54-16-23-15-45(44-43-23)17-38-19-56-27(29(38)57-25(49)12-11-24(48)39-4)34(59-38)47-14-21(3)31(50)42-36(47)53;1-4-32-15-49-22(29(50-32)40-10-17(2)25(35-30(40)45)34-27(44)19-8-6-5-7-9-19)24(32)47-13-20-12-39(38-37-20)14-33-16-48-21(23(33)42)28(51-33)41-11-18(3)26(43)36-31(41)46;1-6-4(7)2-3-5(8)9/h6-10,13-15,26-29,33-34H,5,11-12,16-19H2,1-4H3,(H,39,48)(H,42,50,53)(H,40,41,51,52);5-12,21-24,28-29,42H,4,13-16H2,1-3H3,(H,36,43,46)(H,34,35,44,45);2-3H2,1H3,(H,6,7)(H,8,9)/t26-,27-,28?,29?,33+,34+,37-,38-;21-,22-,23?,24?,28+,29+,32-,33-;/m00./s1. The molecular weight excluding hydrogens is 1560 g/mol. The van der Waals surface area contributed by atoms with E-state index in [1.54, 1.807) is 106 Å². The van der Waals surface area contributed by atoms with Crippen molar-refractivity contribution in [2.75, 3.05) is 51.2 Å². The Labute approximate surface area is 673 Å². The summed E-state index contributed by atoms with van der Waals surface area (Å²) in [6, 6.07) is 17.2. The topological polar surface area (TPSA) is 533 Å². The number of carbonyl (C=O) groups is 6. The molecule has 16 atom stereocenters. The van der Waals surface area contributed by atoms with Gasteiger partial charge in [0.25, 0.3) is 22.9 Å². The number of fused-ring (bicyclic) bond motifs is 8. The third-order valence-electron chi connectivity index (χ3n) is 22.1. The summed E-state index contributed by atoms with van der Waals surface area (Å²) in [4.78, 5) is 159. The number of aliphatic hydroxyl groups is 1. The van der Waals surface area contributed by atoms with Crippen molar-refractivity contribution >= 4 is 47.2 Å². The normalized spacial score (nSPS) is 27.6. The molecule has 119 heavy (non-hydrogen) atoms. The van der Waals surface area contributed by atoms with Crippen LogP contribution in [0, 0.1) is 27.7 Å². The predicted octanol–water partition coefficient (Wildman–Crippen LogP) is -0.439. The number of aliphatic carboxylic acids is 1. The molecule has 6 aromatic heterocycles. The summed E-state index contributed by atoms with van der Waals surface area (Å²) in [7, 11) is 2.94. The molecule has 632 valence electrons. The van der Waals surface area contributed by atoms with Gasteiger partial charge in [-0.3, -0.25) is 66.6 Å². The number of esters is 1. The lowest BCUT2D eigenvalue weighted by molar-refractivity contribution is -0.183. The van der Waals surface area contributed by atoms with Gasteiger partial charge in [-0.1, -0.05) is 60.7 Å². The lowest BCUT2D eigenvalue weighted by Crippen LogP contribution is -2.47. The molecule has 43 nitrogen and oxygen atoms in total. The fourth-order valence-corrected chi connectivity index (χ4v) is 15.6. The smallest absolute Gasteiger partial charge is 0.351 e. The van der Waals surface area contributed by atoms with Crippen LogP contribution >= 0.6 is 0 Å². The summed E-state index contributed by atoms with van der Waals surface area (Å²) in [5, 5.41) is 46.4. The van der Waals surface area contributed by atoms with Gasteiger partial charge in [0.1, 0.15) is 82.6 Å². The van der Waals surface area contributed by atoms with Gasteiger partial charge in [-0.15, -0.1) is 10.2 Å². The van der Waals surface area contributed by atoms with Crippen molar-refractivity contribution in [3.63, 3.8) is 0 Å². The predicted molar refractivity (Wildman–Crippen MR) is 406 cm³/mol. The lowest BCUT2D eigenvalue weighted by Gasteiger charge is -2.31. The van der Waals surface area contributed by atoms with E-state index in [1.165, 1.54) is 61.0 Å². The van der Waals surface area contributed by atoms with E-state index in [1.807, 2.05) is 13.8 Å². The lowest BCUT2D eigenvalue weighted by atomic mass is 9.96. The van der Waals surface area contributed by atoms with Gasteiger partial charge in [-0.05, 0) is 64.8 Å². The van der Waals surface area contributed by atoms with Crippen LogP contribution in [-0.2, 0) is 97.6 Å². The molecule has 14 heterocycles. The second-order valence-corrected chi connectivity index (χ2v) is 30.0. The number of amides is 4. The first kappa shape index (κ1) is 83.7. The zero-order valence-electron chi connectivity index (χ0n) is 65.7. The molecule has 8 aromatic rings. The quantitative estimate of drug-likeness (QED) is 0.0303. The van der Waals surface area contributed by atoms with E-state index in [2.05, 4.69) is 61.8 Å². The minimum absolute atomic E-state index is 0.0153. The van der Waals surface area contributed by atoms with Crippen LogP contribution in [0.3, 0.4) is 0 Å². The van der Waals surface area contributed by atoms with E-state index in [9.17, 15) is 62.6 Å². The number of anilines is 2. The number of benzene rings is 2. The fourth-order valence-electron chi connectivity index (χ4n) is 15.6. The van der Waals surface area contributed by atoms with Crippen molar-refractivity contribution in [1.29, 1.82) is 0 Å². The fraction of sp³-hybridized carbons (Fsp3) is 0.500. The summed E-state index contributed by atoms with van der Waals surface area (Å²) < 4.78 is 76.5. The number of nitrogens with one attached hydrogen (secondary N) is 6. The number of aromatic amines is 2. The Bertz CT molecular complexity index is 5550. The first-order valence-corrected chi connectivity index (χ1v) is 38.3. The number of aromatic nitrogens is 14. The van der Waals surface area contributed by atoms with Crippen molar-refractivity contribution < 1.29 is 91.1 Å². The Balaban J connectivity index is 0.000000178. The van der Waals surface area contributed by atoms with Gasteiger partial charge in [0.2, 0.25) is 11.8 Å². The molecule has 0 saturated carbocycles. The van der Waals surface area contributed by atoms with Crippen LogP contribution in [0.15, 0.2) is 127 Å². The maximum Gasteiger partial charge on any atom is 0.351 e. The van der Waals surface area contributed by atoms with Crippen molar-refractivity contribution in [2.45, 2.75) is 203 Å². The number of H-pyrrole nitrogens is 2. The van der Waals surface area contributed by atoms with Crippen LogP contribution in [-0.4, -0.2) is 226 Å². The number of aryl methyl sites for hydroxylation is 4. The van der Waals surface area contributed by atoms with E-state index < -0.39 is 148 Å². The number of carboxylic acid groups (broad SMARTS) is 1. The Morgan fingerprint density at radius 1 is 0.496 bits per heavy atom. The first-order valence-electron chi connectivity index (χ1n) is 38.3. The summed E-state index contributed by atoms with van der Waals surface area (Å²) >= 11 is 0. The molecule has 0 radical (unpaired) electrons. The highest BCUT2D eigenvalue weighted by Gasteiger charge is 2.67. The Kier molecular flexibility index (Phi) is 24.1. The molecule has 4 unspecified atom stereocenters. The van der Waals surface area contributed by atoms with E-state index in [0.29, 0.717) is 52.0 Å². The summed E-state index contributed by atoms with van der Waals surface area (Å²) in [6.45, 7) is 11.1. The molecule has 8 saturated heterocycles. The number of aliphatic hydroxyl groups excluding tert-OH is 1. The number of ether oxygens (including phenoxy) is 11. The molecule has 43 heteroatoms. The van der Waals surface area contributed by atoms with Gasteiger partial charge in [0, 0.05) is 85.1 Å². The van der Waals surface area contributed by atoms with Gasteiger partial charge < -0.3 is 83.6 Å². The number of nitrogens with zero attached hydrogens (tertiary/aromatic N) is 12. The maximum atomic E-state index is 13.4. The molecule has 0 aliphatic carbocycles. The third-order valence-corrected chi connectivity index (χ3v) is 22.1. The minimum atomic E-state index is -1.33. The molecule has 0 spiro atoms. The highest BCUT2D eigenvalue weighted by Crippen LogP contribution is 2.51. The molecular formula is C76H88N18O25. The minimum Gasteiger partial charge on any atom is -0.481 e. The van der Waals surface area contributed by atoms with Crippen LogP contribution in [0.2, 0.25) is 0 Å². The largest absolute Gasteiger partial charge is 0.481 e. The average molecular weight is 1650 g/mol. The molecule has 8 aliphatic heterocycles. The highest BCUT2D eigenvalue weighted by molar-refractivity contribution is 6.04. The van der Waals surface area contributed by atoms with Gasteiger partial charge in [-0.2, -0.15) is 9.97 Å². The summed E-state index contributed by atoms with van der Waals surface area (Å²) in [5.41, 5.74) is -4.52. The van der Waals surface area contributed by atoms with Crippen molar-refractivity contribution in [3.8, 4) is 0 Å². The number of carbonyl (C=O) groups excluding carboxylic acids is 5. The van der Waals surface area contributed by atoms with Crippen LogP contribution in [0.1, 0.15) is 132 Å². The number of rotatable bonds is 27. The van der Waals surface area contributed by atoms with Crippen LogP contribution in [0.25, 0.3) is 0 Å². The number of carboxylic acids is 1. The summed E-state index contributed by atoms with van der Waals surface area (Å²) in [5.74, 6) is -2.69. The molecule has 8 N–H and O–H groups in total. The molecule has 16 rings (SSSR count). The Morgan fingerprint density at radius 2 is 0.882 bits per heavy atom. The van der Waals surface area contributed by atoms with E-state index >= 15 is 0 Å². The second-order valence-electron chi connectivity index (χ2n) is 30.0. The Hall–Kier alpha value is -11.8. The van der Waals surface area contributed by atoms with E-state index in [0.717, 1.165) is 0 Å². The molecule has 8 aliphatic rings. The van der Waals surface area contributed by atoms with Crippen molar-refractivity contribution in [2.24, 2.45) is 0 Å². The van der Waals surface area contributed by atoms with Crippen LogP contribution in [0.4, 0.5) is 11.6 Å². The van der Waals surface area contributed by atoms with E-state index in [4.69, 9.17) is 57.2 Å². The van der Waals surface area contributed by atoms with Gasteiger partial charge in [0.05, 0.1) is 78.0 Å². The zero-order chi connectivity index (χ0) is 84.6. The molecule has 8 bridgehead atoms. The van der Waals surface area contributed by atoms with Crippen molar-refractivity contribution in [1.82, 2.24) is 78.8 Å². The van der Waals surface area contributed by atoms with E-state index in [-0.39, 0.29) is 113 Å². The number of hydrogen-bond acceptors (Lipinski definition) is 30. The van der Waals surface area contributed by atoms with Crippen LogP contribution in [0.5, 0.6) is 0 Å². The molecule has 4 amide bonds. The Morgan fingerprint density at radius 3 is 1.34 bits per heavy atom. The second kappa shape index (κ2) is 34.3. The maximum absolute atomic E-state index is 13.4. The third kappa shape index (κ3) is 16.8. The van der Waals surface area contributed by atoms with Gasteiger partial charge in [-0.25, -0.2) is 28.5 Å². The monoisotopic (exact) mass is 1650 g/mol. The number of hydrogen-bond donors (Lipinski definition) is 8. The van der Waals surface area contributed by atoms with Gasteiger partial charge in [0.15, 0.2) is 36.6 Å². The van der Waals surface area contributed by atoms with Crippen LogP contribution < -0.4 is 55.1 Å². The van der Waals surface area contributed by atoms with Crippen molar-refractivity contribution in [3.05, 3.63) is 205 Å². The SMILES string of the molecule is CC[C@]12CO[C@@H](C1OCc1cn(C[C@]34CO[C@@H](C3O)[C@H](n3cc(C)c(=O)[nH]c3=O)O4)nn1)[C@H](n1cc(C)c(NC(=O)c3ccccc3)nc1=O)O2.CC[C@]12CO[C@@H](C1OCc1cn(C[C@]34CO[C@@H](C3OC(=O)CCC(=O)NC)[C@H](n3cc(C)c(=O)[nH]c3=O)O4)nn1)[C@H](n1cc(C)c(NC(=O)c3ccccc3)nc1=O)O2.CNC(=O)CCC(=O)O. The van der Waals surface area contributed by atoms with Gasteiger partial charge >= 0.3 is 34.7 Å².